The lowest BCUT2D eigenvalue weighted by atomic mass is 10.0. The number of benzene rings is 1. The topological polar surface area (TPSA) is 24.9 Å². The summed E-state index contributed by atoms with van der Waals surface area (Å²) in [6.07, 6.45) is 0. The van der Waals surface area contributed by atoms with E-state index in [2.05, 4.69) is 48.4 Å². The van der Waals surface area contributed by atoms with Crippen molar-refractivity contribution in [2.45, 2.75) is 26.8 Å². The molecule has 94 valence electrons. The molecule has 0 aliphatic rings. The van der Waals surface area contributed by atoms with Gasteiger partial charge in [0.25, 0.3) is 0 Å². The third kappa shape index (κ3) is 2.82. The van der Waals surface area contributed by atoms with Crippen LogP contribution in [0.4, 0.5) is 5.69 Å². The Morgan fingerprint density at radius 3 is 2.50 bits per heavy atom. The standard InChI is InChI=1S/C15H17ClN2/c1-10-6-4-5-7-13(10)11(2)17-14-8-9-15(16)18-12(14)3/h4-9,11,17H,1-3H3. The Morgan fingerprint density at radius 2 is 1.83 bits per heavy atom. The number of aryl methyl sites for hydroxylation is 2. The van der Waals surface area contributed by atoms with Crippen LogP contribution in [0.3, 0.4) is 0 Å². The highest BCUT2D eigenvalue weighted by Crippen LogP contribution is 2.24. The SMILES string of the molecule is Cc1ccccc1C(C)Nc1ccc(Cl)nc1C. The highest BCUT2D eigenvalue weighted by molar-refractivity contribution is 6.29. The molecule has 0 fully saturated rings. The van der Waals surface area contributed by atoms with E-state index >= 15 is 0 Å². The predicted molar refractivity (Wildman–Crippen MR) is 77.2 cm³/mol. The van der Waals surface area contributed by atoms with Crippen LogP contribution in [0.1, 0.15) is 29.8 Å². The van der Waals surface area contributed by atoms with Crippen molar-refractivity contribution in [2.24, 2.45) is 0 Å². The maximum Gasteiger partial charge on any atom is 0.129 e. The number of halogens is 1. The van der Waals surface area contributed by atoms with Crippen LogP contribution in [-0.4, -0.2) is 4.98 Å². The lowest BCUT2D eigenvalue weighted by Gasteiger charge is -2.18. The normalized spacial score (nSPS) is 12.2. The molecule has 0 radical (unpaired) electrons. The van der Waals surface area contributed by atoms with Gasteiger partial charge < -0.3 is 5.32 Å². The van der Waals surface area contributed by atoms with E-state index in [9.17, 15) is 0 Å². The average molecular weight is 261 g/mol. The van der Waals surface area contributed by atoms with E-state index in [4.69, 9.17) is 11.6 Å². The summed E-state index contributed by atoms with van der Waals surface area (Å²) >= 11 is 5.86. The Morgan fingerprint density at radius 1 is 1.11 bits per heavy atom. The Balaban J connectivity index is 2.21. The van der Waals surface area contributed by atoms with Crippen LogP contribution < -0.4 is 5.32 Å². The van der Waals surface area contributed by atoms with Gasteiger partial charge in [-0.15, -0.1) is 0 Å². The fourth-order valence-corrected chi connectivity index (χ4v) is 2.26. The third-order valence-electron chi connectivity index (χ3n) is 3.08. The molecule has 2 nitrogen and oxygen atoms in total. The van der Waals surface area contributed by atoms with E-state index in [0.29, 0.717) is 5.15 Å². The highest BCUT2D eigenvalue weighted by Gasteiger charge is 2.09. The fourth-order valence-electron chi connectivity index (χ4n) is 2.07. The number of rotatable bonds is 3. The minimum absolute atomic E-state index is 0.243. The maximum absolute atomic E-state index is 5.86. The number of hydrogen-bond donors (Lipinski definition) is 1. The molecule has 0 saturated carbocycles. The molecule has 3 heteroatoms. The molecule has 2 rings (SSSR count). The molecule has 1 aromatic heterocycles. The van der Waals surface area contributed by atoms with Crippen molar-refractivity contribution in [3.8, 4) is 0 Å². The van der Waals surface area contributed by atoms with Crippen molar-refractivity contribution in [1.82, 2.24) is 4.98 Å². The molecule has 0 saturated heterocycles. The minimum Gasteiger partial charge on any atom is -0.377 e. The zero-order valence-electron chi connectivity index (χ0n) is 10.9. The maximum atomic E-state index is 5.86. The summed E-state index contributed by atoms with van der Waals surface area (Å²) < 4.78 is 0. The van der Waals surface area contributed by atoms with Crippen LogP contribution in [-0.2, 0) is 0 Å². The first-order valence-electron chi connectivity index (χ1n) is 6.03. The summed E-state index contributed by atoms with van der Waals surface area (Å²) in [6.45, 7) is 6.23. The summed E-state index contributed by atoms with van der Waals surface area (Å²) in [6, 6.07) is 12.4. The first-order valence-corrected chi connectivity index (χ1v) is 6.41. The monoisotopic (exact) mass is 260 g/mol. The number of nitrogens with one attached hydrogen (secondary N) is 1. The molecule has 1 N–H and O–H groups in total. The molecule has 0 amide bonds. The van der Waals surface area contributed by atoms with Gasteiger partial charge in [-0.05, 0) is 44.0 Å². The molecular weight excluding hydrogens is 244 g/mol. The lowest BCUT2D eigenvalue weighted by molar-refractivity contribution is 0.869. The molecular formula is C15H17ClN2. The van der Waals surface area contributed by atoms with Gasteiger partial charge in [0.1, 0.15) is 5.15 Å². The Labute approximate surface area is 113 Å². The van der Waals surface area contributed by atoms with Gasteiger partial charge in [-0.2, -0.15) is 0 Å². The third-order valence-corrected chi connectivity index (χ3v) is 3.29. The second kappa shape index (κ2) is 5.40. The molecule has 1 heterocycles. The average Bonchev–Trinajstić information content (AvgIpc) is 2.33. The van der Waals surface area contributed by atoms with Gasteiger partial charge in [-0.1, -0.05) is 35.9 Å². The van der Waals surface area contributed by atoms with Crippen LogP contribution >= 0.6 is 11.6 Å². The Bertz CT molecular complexity index is 552. The molecule has 1 unspecified atom stereocenters. The molecule has 2 aromatic rings. The van der Waals surface area contributed by atoms with Crippen LogP contribution in [0.2, 0.25) is 5.15 Å². The highest BCUT2D eigenvalue weighted by atomic mass is 35.5. The first-order chi connectivity index (χ1) is 8.58. The predicted octanol–water partition coefficient (Wildman–Crippen LogP) is 4.52. The summed E-state index contributed by atoms with van der Waals surface area (Å²) in [7, 11) is 0. The summed E-state index contributed by atoms with van der Waals surface area (Å²) in [4.78, 5) is 4.25. The number of aromatic nitrogens is 1. The van der Waals surface area contributed by atoms with E-state index < -0.39 is 0 Å². The Hall–Kier alpha value is -1.54. The summed E-state index contributed by atoms with van der Waals surface area (Å²) in [5, 5.41) is 4.00. The van der Waals surface area contributed by atoms with Gasteiger partial charge in [0.2, 0.25) is 0 Å². The van der Waals surface area contributed by atoms with Crippen LogP contribution in [0.5, 0.6) is 0 Å². The van der Waals surface area contributed by atoms with E-state index in [1.165, 1.54) is 11.1 Å². The molecule has 0 spiro atoms. The van der Waals surface area contributed by atoms with Crippen LogP contribution in [0.15, 0.2) is 36.4 Å². The molecule has 1 atom stereocenters. The van der Waals surface area contributed by atoms with E-state index in [1.807, 2.05) is 19.1 Å². The van der Waals surface area contributed by atoms with Gasteiger partial charge >= 0.3 is 0 Å². The molecule has 0 bridgehead atoms. The van der Waals surface area contributed by atoms with Crippen molar-refractivity contribution < 1.29 is 0 Å². The van der Waals surface area contributed by atoms with Crippen molar-refractivity contribution in [3.05, 3.63) is 58.4 Å². The zero-order valence-corrected chi connectivity index (χ0v) is 11.6. The van der Waals surface area contributed by atoms with E-state index in [-0.39, 0.29) is 6.04 Å². The quantitative estimate of drug-likeness (QED) is 0.821. The summed E-state index contributed by atoms with van der Waals surface area (Å²) in [5.74, 6) is 0. The number of nitrogens with zero attached hydrogens (tertiary/aromatic N) is 1. The first kappa shape index (κ1) is 12.9. The van der Waals surface area contributed by atoms with Crippen molar-refractivity contribution >= 4 is 17.3 Å². The van der Waals surface area contributed by atoms with Gasteiger partial charge in [0.05, 0.1) is 11.4 Å². The summed E-state index contributed by atoms with van der Waals surface area (Å²) in [5.41, 5.74) is 4.53. The Kier molecular flexibility index (Phi) is 3.87. The van der Waals surface area contributed by atoms with Gasteiger partial charge in [-0.3, -0.25) is 0 Å². The number of hydrogen-bond acceptors (Lipinski definition) is 2. The number of anilines is 1. The molecule has 0 aliphatic heterocycles. The second-order valence-electron chi connectivity index (χ2n) is 4.49. The lowest BCUT2D eigenvalue weighted by Crippen LogP contribution is -2.09. The van der Waals surface area contributed by atoms with Crippen LogP contribution in [0, 0.1) is 13.8 Å². The van der Waals surface area contributed by atoms with Crippen molar-refractivity contribution in [2.75, 3.05) is 5.32 Å². The largest absolute Gasteiger partial charge is 0.377 e. The minimum atomic E-state index is 0.243. The second-order valence-corrected chi connectivity index (χ2v) is 4.88. The molecule has 1 aromatic carbocycles. The van der Waals surface area contributed by atoms with Gasteiger partial charge in [0.15, 0.2) is 0 Å². The fraction of sp³-hybridized carbons (Fsp3) is 0.267. The molecule has 18 heavy (non-hydrogen) atoms. The van der Waals surface area contributed by atoms with Gasteiger partial charge in [-0.25, -0.2) is 4.98 Å². The zero-order chi connectivity index (χ0) is 13.1. The van der Waals surface area contributed by atoms with Crippen molar-refractivity contribution in [3.63, 3.8) is 0 Å². The van der Waals surface area contributed by atoms with Crippen molar-refractivity contribution in [1.29, 1.82) is 0 Å². The van der Waals surface area contributed by atoms with E-state index in [0.717, 1.165) is 11.4 Å². The van der Waals surface area contributed by atoms with Crippen LogP contribution in [0.25, 0.3) is 0 Å². The molecule has 0 aliphatic carbocycles. The van der Waals surface area contributed by atoms with Gasteiger partial charge in [0, 0.05) is 6.04 Å². The number of pyridine rings is 1. The van der Waals surface area contributed by atoms with E-state index in [1.54, 1.807) is 0 Å². The smallest absolute Gasteiger partial charge is 0.129 e.